The Balaban J connectivity index is 1.79. The average molecular weight is 520 g/mol. The first-order chi connectivity index (χ1) is 17.4. The molecule has 1 atom stereocenters. The van der Waals surface area contributed by atoms with Gasteiger partial charge < -0.3 is 9.30 Å². The number of allylic oxidation sites excluding steroid dienone is 1. The second-order valence-electron chi connectivity index (χ2n) is 8.58. The summed E-state index contributed by atoms with van der Waals surface area (Å²) in [6, 6.07) is 14.7. The minimum atomic E-state index is -0.728. The molecule has 0 saturated heterocycles. The summed E-state index contributed by atoms with van der Waals surface area (Å²) in [7, 11) is 0. The number of aryl methyl sites for hydroxylation is 1. The number of hydrogen-bond acceptors (Lipinski definition) is 5. The normalized spacial score (nSPS) is 15.8. The molecule has 0 amide bonds. The van der Waals surface area contributed by atoms with Crippen LogP contribution in [0.25, 0.3) is 17.0 Å². The molecule has 0 N–H and O–H groups in total. The predicted molar refractivity (Wildman–Crippen MR) is 144 cm³/mol. The highest BCUT2D eigenvalue weighted by Crippen LogP contribution is 2.34. The lowest BCUT2D eigenvalue weighted by atomic mass is 9.96. The maximum atomic E-state index is 13.9. The first-order valence-corrected chi connectivity index (χ1v) is 13.1. The summed E-state index contributed by atoms with van der Waals surface area (Å²) in [4.78, 5) is 32.2. The van der Waals surface area contributed by atoms with Gasteiger partial charge in [0, 0.05) is 33.7 Å². The number of carbonyl (C=O) groups is 1. The number of halogens is 1. The fourth-order valence-electron chi connectivity index (χ4n) is 4.96. The van der Waals surface area contributed by atoms with Gasteiger partial charge in [-0.25, -0.2) is 9.79 Å². The van der Waals surface area contributed by atoms with Crippen molar-refractivity contribution in [1.82, 2.24) is 9.13 Å². The summed E-state index contributed by atoms with van der Waals surface area (Å²) in [5.74, 6) is -0.500. The third-order valence-electron chi connectivity index (χ3n) is 6.59. The van der Waals surface area contributed by atoms with Gasteiger partial charge in [-0.2, -0.15) is 0 Å². The fourth-order valence-corrected chi connectivity index (χ4v) is 6.23. The van der Waals surface area contributed by atoms with Crippen molar-refractivity contribution in [2.75, 3.05) is 6.61 Å². The van der Waals surface area contributed by atoms with Crippen LogP contribution in [-0.2, 0) is 16.1 Å². The Hall–Kier alpha value is -3.42. The van der Waals surface area contributed by atoms with Crippen molar-refractivity contribution in [3.05, 3.63) is 101 Å². The lowest BCUT2D eigenvalue weighted by Gasteiger charge is -2.25. The number of fused-ring (bicyclic) bond motifs is 2. The van der Waals surface area contributed by atoms with Crippen LogP contribution < -0.4 is 14.9 Å². The fraction of sp³-hybridized carbons (Fsp3) is 0.250. The number of aromatic nitrogens is 2. The van der Waals surface area contributed by atoms with Gasteiger partial charge in [-0.15, -0.1) is 0 Å². The second kappa shape index (κ2) is 9.56. The van der Waals surface area contributed by atoms with Gasteiger partial charge in [-0.3, -0.25) is 9.36 Å². The number of benzene rings is 2. The maximum Gasteiger partial charge on any atom is 0.338 e. The standard InChI is InChI=1S/C28H26ClN3O3S/c1-5-31-17(4)20(18-11-8-10-14-22(18)31)15-23-26(33)32-25(19-12-7-9-13-21(19)29)24(27(34)35-6-2)16(3)30-28(32)36-23/h7-15,25H,5-6H2,1-4H3/b23-15-/t25-/m1/s1. The number of para-hydroxylation sites is 1. The quantitative estimate of drug-likeness (QED) is 0.358. The molecule has 3 heterocycles. The number of nitrogens with zero attached hydrogens (tertiary/aromatic N) is 3. The van der Waals surface area contributed by atoms with Crippen molar-refractivity contribution in [3.8, 4) is 0 Å². The molecule has 0 aliphatic carbocycles. The van der Waals surface area contributed by atoms with E-state index in [4.69, 9.17) is 16.3 Å². The molecule has 2 aromatic heterocycles. The van der Waals surface area contributed by atoms with E-state index in [1.165, 1.54) is 11.3 Å². The SMILES string of the molecule is CCOC(=O)C1=C(C)N=c2s/c(=C\c3c(C)n(CC)c4ccccc34)c(=O)n2[C@@H]1c1ccccc1Cl. The monoisotopic (exact) mass is 519 g/mol. The third kappa shape index (κ3) is 3.83. The van der Waals surface area contributed by atoms with Crippen LogP contribution in [0, 0.1) is 6.92 Å². The Kier molecular flexibility index (Phi) is 6.45. The molecule has 1 aliphatic rings. The first kappa shape index (κ1) is 24.3. The number of rotatable bonds is 5. The van der Waals surface area contributed by atoms with E-state index >= 15 is 0 Å². The number of hydrogen-bond donors (Lipinski definition) is 0. The minimum absolute atomic E-state index is 0.217. The van der Waals surface area contributed by atoms with Gasteiger partial charge in [0.1, 0.15) is 6.04 Å². The van der Waals surface area contributed by atoms with E-state index in [0.717, 1.165) is 28.7 Å². The molecule has 0 radical (unpaired) electrons. The van der Waals surface area contributed by atoms with Crippen molar-refractivity contribution in [2.45, 2.75) is 40.3 Å². The van der Waals surface area contributed by atoms with Crippen LogP contribution in [-0.4, -0.2) is 21.7 Å². The number of thiazole rings is 1. The van der Waals surface area contributed by atoms with Crippen LogP contribution in [0.15, 0.2) is 69.6 Å². The average Bonchev–Trinajstić information content (AvgIpc) is 3.31. The molecule has 0 spiro atoms. The molecule has 1 aliphatic heterocycles. The van der Waals surface area contributed by atoms with Crippen LogP contribution in [0.2, 0.25) is 5.02 Å². The molecule has 0 fully saturated rings. The van der Waals surface area contributed by atoms with Crippen molar-refractivity contribution >= 4 is 45.9 Å². The maximum absolute atomic E-state index is 13.9. The highest BCUT2D eigenvalue weighted by molar-refractivity contribution is 7.07. The van der Waals surface area contributed by atoms with Crippen molar-refractivity contribution < 1.29 is 9.53 Å². The number of carbonyl (C=O) groups excluding carboxylic acids is 1. The molecule has 4 aromatic rings. The summed E-state index contributed by atoms with van der Waals surface area (Å²) >= 11 is 7.90. The Bertz CT molecular complexity index is 1720. The lowest BCUT2D eigenvalue weighted by molar-refractivity contribution is -0.139. The van der Waals surface area contributed by atoms with Crippen LogP contribution >= 0.6 is 22.9 Å². The Morgan fingerprint density at radius 2 is 1.86 bits per heavy atom. The van der Waals surface area contributed by atoms with E-state index in [0.29, 0.717) is 31.2 Å². The van der Waals surface area contributed by atoms with Crippen molar-refractivity contribution in [1.29, 1.82) is 0 Å². The van der Waals surface area contributed by atoms with E-state index in [9.17, 15) is 9.59 Å². The van der Waals surface area contributed by atoms with Crippen LogP contribution in [0.4, 0.5) is 0 Å². The molecule has 184 valence electrons. The third-order valence-corrected chi connectivity index (χ3v) is 7.92. The Morgan fingerprint density at radius 1 is 1.14 bits per heavy atom. The molecular weight excluding hydrogens is 494 g/mol. The second-order valence-corrected chi connectivity index (χ2v) is 10.0. The summed E-state index contributed by atoms with van der Waals surface area (Å²) in [5, 5.41) is 1.56. The van der Waals surface area contributed by atoms with Gasteiger partial charge in [0.05, 0.1) is 22.4 Å². The molecule has 8 heteroatoms. The number of ether oxygens (including phenoxy) is 1. The molecule has 6 nitrogen and oxygen atoms in total. The summed E-state index contributed by atoms with van der Waals surface area (Å²) < 4.78 is 9.72. The molecule has 0 saturated carbocycles. The minimum Gasteiger partial charge on any atom is -0.463 e. The topological polar surface area (TPSA) is 65.6 Å². The van der Waals surface area contributed by atoms with Crippen LogP contribution in [0.1, 0.15) is 43.6 Å². The van der Waals surface area contributed by atoms with Gasteiger partial charge in [0.2, 0.25) is 0 Å². The van der Waals surface area contributed by atoms with E-state index in [2.05, 4.69) is 35.5 Å². The van der Waals surface area contributed by atoms with E-state index in [-0.39, 0.29) is 12.2 Å². The van der Waals surface area contributed by atoms with Gasteiger partial charge >= 0.3 is 5.97 Å². The van der Waals surface area contributed by atoms with Crippen molar-refractivity contribution in [2.24, 2.45) is 4.99 Å². The molecule has 0 unspecified atom stereocenters. The number of esters is 1. The first-order valence-electron chi connectivity index (χ1n) is 11.9. The zero-order chi connectivity index (χ0) is 25.6. The van der Waals surface area contributed by atoms with Gasteiger partial charge in [-0.1, -0.05) is 59.3 Å². The van der Waals surface area contributed by atoms with E-state index < -0.39 is 12.0 Å². The lowest BCUT2D eigenvalue weighted by Crippen LogP contribution is -2.40. The smallest absolute Gasteiger partial charge is 0.338 e. The van der Waals surface area contributed by atoms with Gasteiger partial charge in [0.25, 0.3) is 5.56 Å². The Labute approximate surface area is 217 Å². The Morgan fingerprint density at radius 3 is 2.58 bits per heavy atom. The predicted octanol–water partition coefficient (Wildman–Crippen LogP) is 4.73. The van der Waals surface area contributed by atoms with Gasteiger partial charge in [0.15, 0.2) is 4.80 Å². The van der Waals surface area contributed by atoms with Crippen LogP contribution in [0.3, 0.4) is 0 Å². The molecular formula is C28H26ClN3O3S. The van der Waals surface area contributed by atoms with E-state index in [1.54, 1.807) is 24.5 Å². The van der Waals surface area contributed by atoms with Crippen molar-refractivity contribution in [3.63, 3.8) is 0 Å². The summed E-state index contributed by atoms with van der Waals surface area (Å²) in [6.45, 7) is 8.75. The van der Waals surface area contributed by atoms with Crippen LogP contribution in [0.5, 0.6) is 0 Å². The summed E-state index contributed by atoms with van der Waals surface area (Å²) in [5.41, 5.74) is 4.51. The van der Waals surface area contributed by atoms with E-state index in [1.807, 2.05) is 36.4 Å². The zero-order valence-electron chi connectivity index (χ0n) is 20.5. The summed E-state index contributed by atoms with van der Waals surface area (Å²) in [6.07, 6.45) is 1.95. The molecule has 2 aromatic carbocycles. The molecule has 5 rings (SSSR count). The largest absolute Gasteiger partial charge is 0.463 e. The van der Waals surface area contributed by atoms with Gasteiger partial charge in [-0.05, 0) is 51.5 Å². The molecule has 0 bridgehead atoms. The highest BCUT2D eigenvalue weighted by atomic mass is 35.5. The highest BCUT2D eigenvalue weighted by Gasteiger charge is 2.34. The molecule has 36 heavy (non-hydrogen) atoms. The zero-order valence-corrected chi connectivity index (χ0v) is 22.1.